The lowest BCUT2D eigenvalue weighted by Gasteiger charge is -2.19. The van der Waals surface area contributed by atoms with Crippen LogP contribution in [0.4, 0.5) is 4.39 Å². The summed E-state index contributed by atoms with van der Waals surface area (Å²) in [4.78, 5) is 7.70. The van der Waals surface area contributed by atoms with E-state index in [4.69, 9.17) is 0 Å². The van der Waals surface area contributed by atoms with Gasteiger partial charge in [-0.15, -0.1) is 11.3 Å². The number of aromatic nitrogens is 1. The number of thiophene rings is 1. The van der Waals surface area contributed by atoms with E-state index in [1.54, 1.807) is 7.05 Å². The minimum Gasteiger partial charge on any atom is -0.358 e. The Morgan fingerprint density at radius 2 is 2.08 bits per heavy atom. The lowest BCUT2D eigenvalue weighted by atomic mass is 10.1. The summed E-state index contributed by atoms with van der Waals surface area (Å²) < 4.78 is 9.50. The van der Waals surface area contributed by atoms with Crippen molar-refractivity contribution in [1.29, 1.82) is 0 Å². The molecule has 3 heterocycles. The van der Waals surface area contributed by atoms with Crippen molar-refractivity contribution in [1.82, 2.24) is 15.3 Å². The number of aromatic amines is 1. The first kappa shape index (κ1) is 20.6. The number of H-pyrrole nitrogens is 1. The third-order valence-corrected chi connectivity index (χ3v) is 5.25. The molecule has 6 heteroatoms. The van der Waals surface area contributed by atoms with Crippen molar-refractivity contribution in [2.45, 2.75) is 32.9 Å². The summed E-state index contributed by atoms with van der Waals surface area (Å²) in [6.07, 6.45) is 2.41. The first-order valence-corrected chi connectivity index (χ1v) is 9.69. The van der Waals surface area contributed by atoms with Gasteiger partial charge in [0.05, 0.1) is 7.18 Å². The number of nitrogens with two attached hydrogens (primary N) is 1. The Morgan fingerprint density at radius 3 is 2.77 bits per heavy atom. The lowest BCUT2D eigenvalue weighted by molar-refractivity contribution is 0.264. The maximum Gasteiger partial charge on any atom is 0.0785 e. The maximum absolute atomic E-state index is 9.50. The number of hydrogen-bond donors (Lipinski definition) is 3. The molecule has 0 fully saturated rings. The molecular weight excluding hydrogens is 347 g/mol. The third-order valence-electron chi connectivity index (χ3n) is 4.39. The Hall–Kier alpha value is -1.73. The predicted molar refractivity (Wildman–Crippen MR) is 110 cm³/mol. The van der Waals surface area contributed by atoms with E-state index in [-0.39, 0.29) is 0 Å². The van der Waals surface area contributed by atoms with Crippen LogP contribution in [-0.4, -0.2) is 30.7 Å². The molecule has 0 atom stereocenters. The SMILES string of the molecule is CF.CNN.Cc1ccc2[nH]c3c(c2c1)CN(Cc1cccs1)CCC3. The fourth-order valence-corrected chi connectivity index (χ4v) is 4.10. The van der Waals surface area contributed by atoms with E-state index in [9.17, 15) is 4.39 Å². The second-order valence-corrected chi connectivity index (χ2v) is 7.35. The highest BCUT2D eigenvalue weighted by Crippen LogP contribution is 2.29. The monoisotopic (exact) mass is 376 g/mol. The van der Waals surface area contributed by atoms with Crippen molar-refractivity contribution in [3.05, 3.63) is 57.4 Å². The summed E-state index contributed by atoms with van der Waals surface area (Å²) in [7, 11) is 2.15. The average molecular weight is 377 g/mol. The van der Waals surface area contributed by atoms with Crippen molar-refractivity contribution in [2.75, 3.05) is 20.8 Å². The highest BCUT2D eigenvalue weighted by Gasteiger charge is 2.19. The van der Waals surface area contributed by atoms with Crippen molar-refractivity contribution in [3.8, 4) is 0 Å². The molecule has 0 bridgehead atoms. The maximum atomic E-state index is 9.50. The first-order valence-electron chi connectivity index (χ1n) is 8.81. The van der Waals surface area contributed by atoms with Gasteiger partial charge in [-0.1, -0.05) is 17.7 Å². The van der Waals surface area contributed by atoms with Gasteiger partial charge in [0.15, 0.2) is 0 Å². The van der Waals surface area contributed by atoms with Crippen LogP contribution in [0.3, 0.4) is 0 Å². The average Bonchev–Trinajstić information content (AvgIpc) is 3.21. The fraction of sp³-hybridized carbons (Fsp3) is 0.400. The van der Waals surface area contributed by atoms with Gasteiger partial charge in [0, 0.05) is 34.6 Å². The molecule has 3 aromatic rings. The topological polar surface area (TPSA) is 57.1 Å². The molecule has 142 valence electrons. The van der Waals surface area contributed by atoms with E-state index in [1.165, 1.54) is 52.0 Å². The Labute approximate surface area is 159 Å². The highest BCUT2D eigenvalue weighted by molar-refractivity contribution is 7.09. The van der Waals surface area contributed by atoms with Gasteiger partial charge in [-0.05, 0) is 62.5 Å². The number of nitrogens with one attached hydrogen (secondary N) is 2. The van der Waals surface area contributed by atoms with Crippen LogP contribution in [0, 0.1) is 6.92 Å². The summed E-state index contributed by atoms with van der Waals surface area (Å²) in [6.45, 7) is 5.51. The third kappa shape index (κ3) is 5.14. The molecule has 26 heavy (non-hydrogen) atoms. The number of nitrogens with zero attached hydrogens (tertiary/aromatic N) is 1. The van der Waals surface area contributed by atoms with E-state index in [0.717, 1.165) is 13.1 Å². The smallest absolute Gasteiger partial charge is 0.0785 e. The Morgan fingerprint density at radius 1 is 1.31 bits per heavy atom. The number of hydrogen-bond acceptors (Lipinski definition) is 4. The number of hydrazine groups is 1. The normalized spacial score (nSPS) is 13.9. The standard InChI is InChI=1S/C18H20N2S.CH3F.CH6N2/c1-13-6-7-18-15(10-13)16-12-20(8-2-5-17(16)19-18)11-14-4-3-9-21-14;1-2;1-3-2/h3-4,6-7,9-10,19H,2,5,8,11-12H2,1H3;1H3;3H,2H2,1H3. The minimum atomic E-state index is 0.500. The van der Waals surface area contributed by atoms with E-state index < -0.39 is 0 Å². The van der Waals surface area contributed by atoms with Gasteiger partial charge >= 0.3 is 0 Å². The van der Waals surface area contributed by atoms with Crippen molar-refractivity contribution in [3.63, 3.8) is 0 Å². The molecule has 1 aliphatic heterocycles. The zero-order valence-electron chi connectivity index (χ0n) is 15.8. The van der Waals surface area contributed by atoms with Crippen molar-refractivity contribution < 1.29 is 4.39 Å². The molecule has 2 aromatic heterocycles. The summed E-state index contributed by atoms with van der Waals surface area (Å²) in [6, 6.07) is 11.2. The van der Waals surface area contributed by atoms with E-state index >= 15 is 0 Å². The van der Waals surface area contributed by atoms with Gasteiger partial charge in [0.2, 0.25) is 0 Å². The van der Waals surface area contributed by atoms with Crippen LogP contribution in [-0.2, 0) is 19.5 Å². The van der Waals surface area contributed by atoms with Crippen LogP contribution in [0.5, 0.6) is 0 Å². The zero-order valence-corrected chi connectivity index (χ0v) is 16.6. The first-order chi connectivity index (χ1) is 12.7. The summed E-state index contributed by atoms with van der Waals surface area (Å²) in [5.74, 6) is 4.60. The quantitative estimate of drug-likeness (QED) is 0.465. The van der Waals surface area contributed by atoms with Gasteiger partial charge in [0.25, 0.3) is 0 Å². The zero-order chi connectivity index (χ0) is 18.9. The van der Waals surface area contributed by atoms with Crippen LogP contribution in [0.1, 0.15) is 28.1 Å². The number of alkyl halides is 1. The molecule has 1 aromatic carbocycles. The van der Waals surface area contributed by atoms with Gasteiger partial charge in [-0.25, -0.2) is 0 Å². The van der Waals surface area contributed by atoms with Crippen LogP contribution < -0.4 is 11.3 Å². The minimum absolute atomic E-state index is 0.500. The van der Waals surface area contributed by atoms with Crippen LogP contribution in [0.2, 0.25) is 0 Å². The molecule has 0 amide bonds. The number of aryl methyl sites for hydroxylation is 2. The molecule has 0 radical (unpaired) electrons. The van der Waals surface area contributed by atoms with E-state index in [1.807, 2.05) is 11.3 Å². The number of benzene rings is 1. The Balaban J connectivity index is 0.000000444. The molecular formula is C20H29FN4S. The number of rotatable bonds is 2. The molecule has 4 rings (SSSR count). The molecule has 0 saturated carbocycles. The fourth-order valence-electron chi connectivity index (χ4n) is 3.35. The molecule has 0 unspecified atom stereocenters. The van der Waals surface area contributed by atoms with Crippen LogP contribution in [0.25, 0.3) is 10.9 Å². The van der Waals surface area contributed by atoms with Gasteiger partial charge < -0.3 is 4.98 Å². The van der Waals surface area contributed by atoms with Gasteiger partial charge in [0.1, 0.15) is 0 Å². The molecule has 0 spiro atoms. The second kappa shape index (κ2) is 10.4. The Kier molecular flexibility index (Phi) is 8.25. The number of halogens is 1. The largest absolute Gasteiger partial charge is 0.358 e. The van der Waals surface area contributed by atoms with Gasteiger partial charge in [-0.2, -0.15) is 0 Å². The van der Waals surface area contributed by atoms with Crippen molar-refractivity contribution in [2.24, 2.45) is 5.84 Å². The summed E-state index contributed by atoms with van der Waals surface area (Å²) >= 11 is 1.86. The number of fused-ring (bicyclic) bond motifs is 3. The van der Waals surface area contributed by atoms with Gasteiger partial charge in [-0.3, -0.25) is 20.6 Å². The predicted octanol–water partition coefficient (Wildman–Crippen LogP) is 4.15. The van der Waals surface area contributed by atoms with E-state index in [0.29, 0.717) is 7.18 Å². The second-order valence-electron chi connectivity index (χ2n) is 6.31. The Bertz CT molecular complexity index is 783. The summed E-state index contributed by atoms with van der Waals surface area (Å²) in [5.41, 5.74) is 7.86. The molecule has 4 nitrogen and oxygen atoms in total. The van der Waals surface area contributed by atoms with Crippen LogP contribution in [0.15, 0.2) is 35.7 Å². The molecule has 4 N–H and O–H groups in total. The van der Waals surface area contributed by atoms with E-state index in [2.05, 4.69) is 63.8 Å². The molecule has 0 aliphatic carbocycles. The summed E-state index contributed by atoms with van der Waals surface area (Å²) in [5, 5.41) is 3.59. The highest BCUT2D eigenvalue weighted by atomic mass is 32.1. The van der Waals surface area contributed by atoms with Crippen LogP contribution >= 0.6 is 11.3 Å². The molecule has 1 aliphatic rings. The van der Waals surface area contributed by atoms with Crippen molar-refractivity contribution >= 4 is 22.2 Å². The lowest BCUT2D eigenvalue weighted by Crippen LogP contribution is -2.22. The molecule has 0 saturated heterocycles.